The van der Waals surface area contributed by atoms with E-state index >= 15 is 0 Å². The van der Waals surface area contributed by atoms with E-state index in [0.717, 1.165) is 0 Å². The summed E-state index contributed by atoms with van der Waals surface area (Å²) in [5.74, 6) is -0.933. The molecule has 0 aliphatic rings. The Balaban J connectivity index is 2.87. The summed E-state index contributed by atoms with van der Waals surface area (Å²) in [6.07, 6.45) is 0. The van der Waals surface area contributed by atoms with Gasteiger partial charge in [0.15, 0.2) is 6.04 Å². The van der Waals surface area contributed by atoms with Crippen LogP contribution in [0.3, 0.4) is 0 Å². The van der Waals surface area contributed by atoms with Gasteiger partial charge < -0.3 is 10.1 Å². The number of benzene rings is 1. The lowest BCUT2D eigenvalue weighted by atomic mass is 10.1. The van der Waals surface area contributed by atoms with Crippen LogP contribution in [-0.4, -0.2) is 24.9 Å². The maximum Gasteiger partial charge on any atom is 0.333 e. The van der Waals surface area contributed by atoms with E-state index in [9.17, 15) is 9.59 Å². The normalized spacial score (nSPS) is 13.5. The molecular weight excluding hydrogens is 254 g/mol. The van der Waals surface area contributed by atoms with Crippen LogP contribution in [0, 0.1) is 5.92 Å². The van der Waals surface area contributed by atoms with Gasteiger partial charge in [-0.2, -0.15) is 0 Å². The molecule has 0 heterocycles. The number of ether oxygens (including phenoxy) is 1. The van der Waals surface area contributed by atoms with Crippen molar-refractivity contribution in [2.45, 2.75) is 13.0 Å². The van der Waals surface area contributed by atoms with E-state index in [2.05, 4.69) is 5.32 Å². The minimum absolute atomic E-state index is 0.203. The zero-order valence-corrected chi connectivity index (χ0v) is 11.1. The number of halogens is 1. The summed E-state index contributed by atoms with van der Waals surface area (Å²) < 4.78 is 4.69. The summed E-state index contributed by atoms with van der Waals surface area (Å²) in [7, 11) is 1.29. The third-order valence-corrected chi connectivity index (χ3v) is 3.00. The lowest BCUT2D eigenvalue weighted by Gasteiger charge is -2.18. The topological polar surface area (TPSA) is 55.4 Å². The molecule has 18 heavy (non-hydrogen) atoms. The number of hydrogen-bond acceptors (Lipinski definition) is 3. The first-order valence-corrected chi connectivity index (χ1v) is 6.12. The van der Waals surface area contributed by atoms with Gasteiger partial charge in [0.05, 0.1) is 7.11 Å². The fourth-order valence-electron chi connectivity index (χ4n) is 1.40. The molecule has 1 aromatic rings. The lowest BCUT2D eigenvalue weighted by Crippen LogP contribution is -2.38. The molecule has 2 atom stereocenters. The van der Waals surface area contributed by atoms with E-state index in [4.69, 9.17) is 16.3 Å². The highest BCUT2D eigenvalue weighted by atomic mass is 35.5. The van der Waals surface area contributed by atoms with Gasteiger partial charge in [-0.25, -0.2) is 4.79 Å². The van der Waals surface area contributed by atoms with Gasteiger partial charge in [-0.05, 0) is 5.56 Å². The van der Waals surface area contributed by atoms with Crippen molar-refractivity contribution < 1.29 is 14.3 Å². The largest absolute Gasteiger partial charge is 0.467 e. The van der Waals surface area contributed by atoms with Gasteiger partial charge in [-0.3, -0.25) is 4.79 Å². The Morgan fingerprint density at radius 2 is 1.94 bits per heavy atom. The van der Waals surface area contributed by atoms with E-state index in [-0.39, 0.29) is 17.7 Å². The van der Waals surface area contributed by atoms with Crippen molar-refractivity contribution in [1.82, 2.24) is 5.32 Å². The van der Waals surface area contributed by atoms with Crippen LogP contribution in [0.25, 0.3) is 0 Å². The van der Waals surface area contributed by atoms with Gasteiger partial charge in [0.25, 0.3) is 0 Å². The third kappa shape index (κ3) is 3.74. The molecule has 2 unspecified atom stereocenters. The van der Waals surface area contributed by atoms with E-state index in [1.807, 2.05) is 6.07 Å². The lowest BCUT2D eigenvalue weighted by molar-refractivity contribution is -0.145. The van der Waals surface area contributed by atoms with Crippen LogP contribution < -0.4 is 5.32 Å². The monoisotopic (exact) mass is 269 g/mol. The summed E-state index contributed by atoms with van der Waals surface area (Å²) in [6, 6.07) is 8.14. The molecule has 0 saturated heterocycles. The van der Waals surface area contributed by atoms with Crippen LogP contribution >= 0.6 is 11.6 Å². The second-order valence-corrected chi connectivity index (χ2v) is 4.24. The van der Waals surface area contributed by atoms with Crippen molar-refractivity contribution in [1.29, 1.82) is 0 Å². The summed E-state index contributed by atoms with van der Waals surface area (Å²) >= 11 is 5.61. The van der Waals surface area contributed by atoms with Gasteiger partial charge in [0.2, 0.25) is 5.91 Å². The van der Waals surface area contributed by atoms with Gasteiger partial charge in [0.1, 0.15) is 0 Å². The number of rotatable bonds is 5. The molecule has 0 spiro atoms. The number of nitrogens with one attached hydrogen (secondary N) is 1. The zero-order chi connectivity index (χ0) is 13.5. The highest BCUT2D eigenvalue weighted by molar-refractivity contribution is 6.19. The van der Waals surface area contributed by atoms with Crippen molar-refractivity contribution in [2.24, 2.45) is 5.92 Å². The fourth-order valence-corrected chi connectivity index (χ4v) is 1.54. The van der Waals surface area contributed by atoms with E-state index in [1.165, 1.54) is 7.11 Å². The maximum absolute atomic E-state index is 11.8. The molecule has 1 amide bonds. The van der Waals surface area contributed by atoms with Gasteiger partial charge in [-0.1, -0.05) is 37.3 Å². The van der Waals surface area contributed by atoms with Crippen LogP contribution in [0.15, 0.2) is 30.3 Å². The van der Waals surface area contributed by atoms with Crippen LogP contribution in [0.2, 0.25) is 0 Å². The van der Waals surface area contributed by atoms with Crippen molar-refractivity contribution in [3.8, 4) is 0 Å². The van der Waals surface area contributed by atoms with Crippen LogP contribution in [-0.2, 0) is 14.3 Å². The first-order chi connectivity index (χ1) is 8.60. The minimum atomic E-state index is -0.797. The Morgan fingerprint density at radius 1 is 1.33 bits per heavy atom. The molecule has 0 aliphatic carbocycles. The highest BCUT2D eigenvalue weighted by Crippen LogP contribution is 2.15. The third-order valence-electron chi connectivity index (χ3n) is 2.54. The Hall–Kier alpha value is -1.55. The predicted molar refractivity (Wildman–Crippen MR) is 69.2 cm³/mol. The average Bonchev–Trinajstić information content (AvgIpc) is 2.43. The standard InChI is InChI=1S/C13H16ClNO3/c1-9(8-14)12(16)15-11(13(17)18-2)10-6-4-3-5-7-10/h3-7,9,11H,8H2,1-2H3,(H,15,16). The first-order valence-electron chi connectivity index (χ1n) is 5.59. The second kappa shape index (κ2) is 7.01. The summed E-state index contributed by atoms with van der Waals surface area (Å²) in [4.78, 5) is 23.5. The second-order valence-electron chi connectivity index (χ2n) is 3.93. The summed E-state index contributed by atoms with van der Waals surface area (Å²) in [5.41, 5.74) is 0.680. The summed E-state index contributed by atoms with van der Waals surface area (Å²) in [5, 5.41) is 2.64. The van der Waals surface area contributed by atoms with E-state index in [0.29, 0.717) is 5.56 Å². The molecule has 5 heteroatoms. The number of alkyl halides is 1. The molecule has 0 bridgehead atoms. The van der Waals surface area contributed by atoms with Crippen LogP contribution in [0.1, 0.15) is 18.5 Å². The first kappa shape index (κ1) is 14.5. The molecule has 1 aromatic carbocycles. The van der Waals surface area contributed by atoms with E-state index < -0.39 is 12.0 Å². The number of amides is 1. The van der Waals surface area contributed by atoms with Crippen molar-refractivity contribution in [2.75, 3.05) is 13.0 Å². The molecule has 4 nitrogen and oxygen atoms in total. The maximum atomic E-state index is 11.8. The molecule has 1 N–H and O–H groups in total. The van der Waals surface area contributed by atoms with Crippen molar-refractivity contribution in [3.63, 3.8) is 0 Å². The Morgan fingerprint density at radius 3 is 2.44 bits per heavy atom. The van der Waals surface area contributed by atoms with E-state index in [1.54, 1.807) is 31.2 Å². The molecule has 0 fully saturated rings. The number of carbonyl (C=O) groups is 2. The Labute approximate surface area is 111 Å². The van der Waals surface area contributed by atoms with Crippen LogP contribution in [0.5, 0.6) is 0 Å². The number of methoxy groups -OCH3 is 1. The van der Waals surface area contributed by atoms with Gasteiger partial charge >= 0.3 is 5.97 Å². The van der Waals surface area contributed by atoms with Crippen LogP contribution in [0.4, 0.5) is 0 Å². The molecule has 1 rings (SSSR count). The zero-order valence-electron chi connectivity index (χ0n) is 10.4. The molecular formula is C13H16ClNO3. The van der Waals surface area contributed by atoms with Gasteiger partial charge in [0, 0.05) is 11.8 Å². The molecule has 0 saturated carbocycles. The number of carbonyl (C=O) groups excluding carboxylic acids is 2. The Kier molecular flexibility index (Phi) is 5.65. The summed E-state index contributed by atoms with van der Waals surface area (Å²) in [6.45, 7) is 1.70. The molecule has 98 valence electrons. The molecule has 0 aromatic heterocycles. The number of hydrogen-bond donors (Lipinski definition) is 1. The smallest absolute Gasteiger partial charge is 0.333 e. The number of esters is 1. The predicted octanol–water partition coefficient (Wildman–Crippen LogP) is 1.89. The molecule has 0 radical (unpaired) electrons. The fraction of sp³-hybridized carbons (Fsp3) is 0.385. The SMILES string of the molecule is COC(=O)C(NC(=O)C(C)CCl)c1ccccc1. The van der Waals surface area contributed by atoms with Crippen molar-refractivity contribution in [3.05, 3.63) is 35.9 Å². The minimum Gasteiger partial charge on any atom is -0.467 e. The van der Waals surface area contributed by atoms with Crippen molar-refractivity contribution >= 4 is 23.5 Å². The average molecular weight is 270 g/mol. The Bertz CT molecular complexity index is 408. The highest BCUT2D eigenvalue weighted by Gasteiger charge is 2.25. The quantitative estimate of drug-likeness (QED) is 0.656. The molecule has 0 aliphatic heterocycles. The van der Waals surface area contributed by atoms with Gasteiger partial charge in [-0.15, -0.1) is 11.6 Å².